The minimum absolute atomic E-state index is 0.0809. The quantitative estimate of drug-likeness (QED) is 0.883. The summed E-state index contributed by atoms with van der Waals surface area (Å²) in [5, 5.41) is 5.85. The second-order valence-electron chi connectivity index (χ2n) is 5.54. The molecule has 3 rings (SSSR count). The van der Waals surface area contributed by atoms with Gasteiger partial charge in [0.25, 0.3) is 5.91 Å². The third kappa shape index (κ3) is 4.53. The summed E-state index contributed by atoms with van der Waals surface area (Å²) in [6.45, 7) is 3.78. The lowest BCUT2D eigenvalue weighted by atomic mass is 10.2. The van der Waals surface area contributed by atoms with E-state index in [4.69, 9.17) is 9.47 Å². The number of amides is 1. The zero-order valence-electron chi connectivity index (χ0n) is 13.1. The molecule has 2 heterocycles. The number of aryl methyl sites for hydroxylation is 1. The first-order valence-corrected chi connectivity index (χ1v) is 8.62. The van der Waals surface area contributed by atoms with Crippen molar-refractivity contribution in [2.24, 2.45) is 0 Å². The molecular weight excluding hydrogens is 312 g/mol. The Balaban J connectivity index is 1.48. The number of nitrogens with one attached hydrogen (secondary N) is 1. The van der Waals surface area contributed by atoms with Gasteiger partial charge in [0.1, 0.15) is 17.4 Å². The first kappa shape index (κ1) is 16.0. The van der Waals surface area contributed by atoms with Gasteiger partial charge >= 0.3 is 0 Å². The number of carbonyl (C=O) groups is 1. The normalized spacial score (nSPS) is 17.2. The van der Waals surface area contributed by atoms with Gasteiger partial charge in [-0.2, -0.15) is 0 Å². The zero-order chi connectivity index (χ0) is 16.1. The van der Waals surface area contributed by atoms with Crippen LogP contribution in [0.1, 0.15) is 33.9 Å². The number of hydrogen-bond acceptors (Lipinski definition) is 5. The number of rotatable bonds is 6. The molecule has 2 aromatic rings. The minimum atomic E-state index is -0.0809. The highest BCUT2D eigenvalue weighted by atomic mass is 32.1. The van der Waals surface area contributed by atoms with E-state index < -0.39 is 0 Å². The molecule has 5 nitrogen and oxygen atoms in total. The molecule has 1 fully saturated rings. The monoisotopic (exact) mass is 332 g/mol. The summed E-state index contributed by atoms with van der Waals surface area (Å²) in [4.78, 5) is 16.4. The molecule has 0 aliphatic carbocycles. The van der Waals surface area contributed by atoms with E-state index in [0.29, 0.717) is 18.7 Å². The summed E-state index contributed by atoms with van der Waals surface area (Å²) in [6, 6.07) is 7.16. The molecule has 1 aromatic heterocycles. The maximum Gasteiger partial charge on any atom is 0.251 e. The number of ether oxygens (including phenoxy) is 2. The van der Waals surface area contributed by atoms with E-state index in [0.717, 1.165) is 35.9 Å². The van der Waals surface area contributed by atoms with Crippen molar-refractivity contribution in [3.05, 3.63) is 45.9 Å². The average molecular weight is 332 g/mol. The minimum Gasteiger partial charge on any atom is -0.486 e. The molecule has 6 heteroatoms. The Kier molecular flexibility index (Phi) is 5.25. The van der Waals surface area contributed by atoms with E-state index in [2.05, 4.69) is 10.3 Å². The molecule has 1 aromatic carbocycles. The highest BCUT2D eigenvalue weighted by Crippen LogP contribution is 2.16. The molecular formula is C17H20N2O3S. The van der Waals surface area contributed by atoms with Crippen molar-refractivity contribution in [1.82, 2.24) is 10.3 Å². The van der Waals surface area contributed by atoms with Gasteiger partial charge in [0.2, 0.25) is 0 Å². The average Bonchev–Trinajstić information content (AvgIpc) is 3.22. The molecule has 1 amide bonds. The van der Waals surface area contributed by atoms with Gasteiger partial charge in [-0.3, -0.25) is 4.79 Å². The molecule has 0 bridgehead atoms. The molecule has 23 heavy (non-hydrogen) atoms. The van der Waals surface area contributed by atoms with Crippen molar-refractivity contribution in [1.29, 1.82) is 0 Å². The molecule has 1 saturated heterocycles. The van der Waals surface area contributed by atoms with Crippen molar-refractivity contribution in [2.45, 2.75) is 32.5 Å². The lowest BCUT2D eigenvalue weighted by Crippen LogP contribution is -2.31. The van der Waals surface area contributed by atoms with E-state index >= 15 is 0 Å². The van der Waals surface area contributed by atoms with Crippen molar-refractivity contribution in [3.8, 4) is 5.75 Å². The van der Waals surface area contributed by atoms with E-state index in [1.807, 2.05) is 12.3 Å². The number of thiazole rings is 1. The molecule has 1 aliphatic rings. The fraction of sp³-hybridized carbons (Fsp3) is 0.412. The number of benzene rings is 1. The SMILES string of the molecule is Cc1csc(COc2ccc(C(=O)NC[C@@H]3CCCO3)cc2)n1. The Morgan fingerprint density at radius 2 is 2.26 bits per heavy atom. The highest BCUT2D eigenvalue weighted by molar-refractivity contribution is 7.09. The van der Waals surface area contributed by atoms with Crippen molar-refractivity contribution >= 4 is 17.2 Å². The van der Waals surface area contributed by atoms with Gasteiger partial charge in [-0.15, -0.1) is 11.3 Å². The first-order chi connectivity index (χ1) is 11.2. The molecule has 1 aliphatic heterocycles. The van der Waals surface area contributed by atoms with Crippen LogP contribution in [0.25, 0.3) is 0 Å². The third-order valence-electron chi connectivity index (χ3n) is 3.66. The van der Waals surface area contributed by atoms with Crippen LogP contribution < -0.4 is 10.1 Å². The summed E-state index contributed by atoms with van der Waals surface area (Å²) in [5.74, 6) is 0.649. The van der Waals surface area contributed by atoms with Crippen LogP contribution in [0.5, 0.6) is 5.75 Å². The molecule has 0 spiro atoms. The Labute approximate surface area is 139 Å². The van der Waals surface area contributed by atoms with Crippen LogP contribution in [0, 0.1) is 6.92 Å². The summed E-state index contributed by atoms with van der Waals surface area (Å²) >= 11 is 1.58. The summed E-state index contributed by atoms with van der Waals surface area (Å²) in [5.41, 5.74) is 1.63. The predicted octanol–water partition coefficient (Wildman–Crippen LogP) is 2.94. The Bertz CT molecular complexity index is 648. The van der Waals surface area contributed by atoms with E-state index in [-0.39, 0.29) is 12.0 Å². The van der Waals surface area contributed by atoms with E-state index in [1.54, 1.807) is 35.6 Å². The van der Waals surface area contributed by atoms with Gasteiger partial charge in [0.05, 0.1) is 6.10 Å². The Hall–Kier alpha value is -1.92. The third-order valence-corrected chi connectivity index (χ3v) is 4.60. The summed E-state index contributed by atoms with van der Waals surface area (Å²) in [7, 11) is 0. The van der Waals surface area contributed by atoms with Crippen LogP contribution in [-0.4, -0.2) is 30.1 Å². The molecule has 0 saturated carbocycles. The van der Waals surface area contributed by atoms with Gasteiger partial charge in [-0.05, 0) is 44.0 Å². The summed E-state index contributed by atoms with van der Waals surface area (Å²) in [6.07, 6.45) is 2.25. The number of carbonyl (C=O) groups excluding carboxylic acids is 1. The molecule has 0 unspecified atom stereocenters. The number of hydrogen-bond donors (Lipinski definition) is 1. The second-order valence-corrected chi connectivity index (χ2v) is 6.48. The fourth-order valence-electron chi connectivity index (χ4n) is 2.43. The topological polar surface area (TPSA) is 60.5 Å². The van der Waals surface area contributed by atoms with Crippen molar-refractivity contribution in [3.63, 3.8) is 0 Å². The van der Waals surface area contributed by atoms with Crippen LogP contribution >= 0.6 is 11.3 Å². The lowest BCUT2D eigenvalue weighted by molar-refractivity contribution is 0.0857. The molecule has 1 atom stereocenters. The Morgan fingerprint density at radius 1 is 1.43 bits per heavy atom. The first-order valence-electron chi connectivity index (χ1n) is 7.74. The molecule has 122 valence electrons. The predicted molar refractivity (Wildman–Crippen MR) is 88.9 cm³/mol. The van der Waals surface area contributed by atoms with E-state index in [1.165, 1.54) is 0 Å². The van der Waals surface area contributed by atoms with Gasteiger partial charge in [-0.1, -0.05) is 0 Å². The smallest absolute Gasteiger partial charge is 0.251 e. The second kappa shape index (κ2) is 7.57. The standard InChI is InChI=1S/C17H20N2O3S/c1-12-11-23-16(19-12)10-22-14-6-4-13(5-7-14)17(20)18-9-15-3-2-8-21-15/h4-7,11,15H,2-3,8-10H2,1H3,(H,18,20)/t15-/m0/s1. The van der Waals surface area contributed by atoms with Crippen LogP contribution in [0.3, 0.4) is 0 Å². The van der Waals surface area contributed by atoms with Crippen LogP contribution in [0.4, 0.5) is 0 Å². The Morgan fingerprint density at radius 3 is 2.91 bits per heavy atom. The fourth-order valence-corrected chi connectivity index (χ4v) is 3.11. The maximum atomic E-state index is 12.1. The summed E-state index contributed by atoms with van der Waals surface area (Å²) < 4.78 is 11.2. The van der Waals surface area contributed by atoms with Gasteiger partial charge in [0, 0.05) is 29.8 Å². The van der Waals surface area contributed by atoms with Crippen molar-refractivity contribution < 1.29 is 14.3 Å². The molecule has 0 radical (unpaired) electrons. The van der Waals surface area contributed by atoms with Crippen molar-refractivity contribution in [2.75, 3.05) is 13.2 Å². The highest BCUT2D eigenvalue weighted by Gasteiger charge is 2.16. The van der Waals surface area contributed by atoms with Crippen LogP contribution in [0.2, 0.25) is 0 Å². The maximum absolute atomic E-state index is 12.1. The van der Waals surface area contributed by atoms with Crippen LogP contribution in [0.15, 0.2) is 29.6 Å². The van der Waals surface area contributed by atoms with Crippen LogP contribution in [-0.2, 0) is 11.3 Å². The van der Waals surface area contributed by atoms with E-state index in [9.17, 15) is 4.79 Å². The zero-order valence-corrected chi connectivity index (χ0v) is 13.9. The van der Waals surface area contributed by atoms with Gasteiger partial charge in [-0.25, -0.2) is 4.98 Å². The largest absolute Gasteiger partial charge is 0.486 e. The lowest BCUT2D eigenvalue weighted by Gasteiger charge is -2.11. The van der Waals surface area contributed by atoms with Gasteiger partial charge < -0.3 is 14.8 Å². The van der Waals surface area contributed by atoms with Gasteiger partial charge in [0.15, 0.2) is 0 Å². The number of aromatic nitrogens is 1. The molecule has 1 N–H and O–H groups in total. The number of nitrogens with zero attached hydrogens (tertiary/aromatic N) is 1.